The van der Waals surface area contributed by atoms with Crippen LogP contribution in [0.4, 0.5) is 19.3 Å². The Bertz CT molecular complexity index is 1140. The third-order valence-corrected chi connectivity index (χ3v) is 7.15. The lowest BCUT2D eigenvalue weighted by atomic mass is 9.71. The monoisotopic (exact) mass is 657 g/mol. The van der Waals surface area contributed by atoms with E-state index in [1.54, 1.807) is 29.2 Å². The van der Waals surface area contributed by atoms with Gasteiger partial charge in [-0.15, -0.1) is 0 Å². The predicted molar refractivity (Wildman–Crippen MR) is 152 cm³/mol. The lowest BCUT2D eigenvalue weighted by molar-refractivity contribution is -0.135. The van der Waals surface area contributed by atoms with E-state index in [0.717, 1.165) is 53.8 Å². The summed E-state index contributed by atoms with van der Waals surface area (Å²) >= 11 is 0.893. The number of ether oxygens (including phenoxy) is 1. The van der Waals surface area contributed by atoms with E-state index >= 15 is 0 Å². The van der Waals surface area contributed by atoms with Crippen molar-refractivity contribution in [3.63, 3.8) is 0 Å². The third kappa shape index (κ3) is 9.63. The van der Waals surface area contributed by atoms with Gasteiger partial charge in [0.25, 0.3) is 5.91 Å². The average molecular weight is 657 g/mol. The first-order valence-electron chi connectivity index (χ1n) is 12.7. The van der Waals surface area contributed by atoms with Gasteiger partial charge in [-0.1, -0.05) is 32.9 Å². The van der Waals surface area contributed by atoms with Crippen molar-refractivity contribution >= 4 is 46.2 Å². The van der Waals surface area contributed by atoms with Gasteiger partial charge >= 0.3 is 16.1 Å². The number of benzene rings is 2. The van der Waals surface area contributed by atoms with E-state index in [1.807, 2.05) is 0 Å². The van der Waals surface area contributed by atoms with Crippen LogP contribution in [-0.2, 0) is 11.3 Å². The number of carboxylic acids is 1. The molecule has 2 aromatic carbocycles. The molecule has 0 aromatic heterocycles. The van der Waals surface area contributed by atoms with Crippen molar-refractivity contribution in [3.05, 3.63) is 59.7 Å². The minimum atomic E-state index is -3.34. The first-order valence-corrected chi connectivity index (χ1v) is 13.8. The number of carboxylic acid groups (broad SMARTS) is 1. The van der Waals surface area contributed by atoms with E-state index in [0.29, 0.717) is 23.7 Å². The topological polar surface area (TPSA) is 108 Å². The van der Waals surface area contributed by atoms with Gasteiger partial charge in [-0.05, 0) is 79.0 Å². The summed E-state index contributed by atoms with van der Waals surface area (Å²) in [5.74, 6) is -1.08. The molecule has 1 aliphatic carbocycles. The number of nitrogens with one attached hydrogen (secondary N) is 2. The molecular weight excluding hydrogens is 623 g/mol. The number of hydrogen-bond acceptors (Lipinski definition) is 4. The second-order valence-electron chi connectivity index (χ2n) is 10.8. The Morgan fingerprint density at radius 2 is 1.59 bits per heavy atom. The molecule has 1 saturated carbocycles. The molecule has 0 bridgehead atoms. The van der Waals surface area contributed by atoms with E-state index in [4.69, 9.17) is 5.11 Å². The molecule has 0 aliphatic heterocycles. The number of carbonyl (C=O) groups excluding carboxylic acids is 2. The number of hydrogen-bond donors (Lipinski definition) is 3. The maximum atomic E-state index is 13.5. The molecular formula is C28H34F2IN3O5. The largest absolute Gasteiger partial charge is 0.480 e. The van der Waals surface area contributed by atoms with Crippen molar-refractivity contribution in [2.75, 3.05) is 11.9 Å². The van der Waals surface area contributed by atoms with E-state index in [2.05, 4.69) is 36.1 Å². The molecule has 3 amide bonds. The van der Waals surface area contributed by atoms with Crippen molar-refractivity contribution in [3.8, 4) is 5.75 Å². The molecule has 8 nitrogen and oxygen atoms in total. The van der Waals surface area contributed by atoms with Gasteiger partial charge in [-0.2, -0.15) is 8.78 Å². The molecule has 0 saturated heterocycles. The summed E-state index contributed by atoms with van der Waals surface area (Å²) in [6.45, 7) is 6.53. The van der Waals surface area contributed by atoms with Crippen LogP contribution in [0.1, 0.15) is 62.4 Å². The summed E-state index contributed by atoms with van der Waals surface area (Å²) in [6.07, 6.45) is 3.69. The van der Waals surface area contributed by atoms with E-state index in [9.17, 15) is 23.2 Å². The predicted octanol–water partition coefficient (Wildman–Crippen LogP) is 6.50. The molecule has 39 heavy (non-hydrogen) atoms. The third-order valence-electron chi connectivity index (χ3n) is 6.93. The van der Waals surface area contributed by atoms with Crippen LogP contribution in [0.25, 0.3) is 0 Å². The number of aliphatic carboxylic acids is 1. The number of halogens is 3. The molecule has 1 aliphatic rings. The first-order chi connectivity index (χ1) is 18.2. The van der Waals surface area contributed by atoms with E-state index < -0.39 is 22.5 Å². The lowest BCUT2D eigenvalue weighted by Crippen LogP contribution is -2.45. The van der Waals surface area contributed by atoms with Crippen molar-refractivity contribution in [2.45, 2.75) is 63.2 Å². The van der Waals surface area contributed by atoms with Gasteiger partial charge in [0.05, 0.1) is 22.6 Å². The summed E-state index contributed by atoms with van der Waals surface area (Å²) in [7, 11) is 0. The van der Waals surface area contributed by atoms with Crippen molar-refractivity contribution in [2.24, 2.45) is 11.3 Å². The zero-order valence-corrected chi connectivity index (χ0v) is 24.3. The number of carbonyl (C=O) groups is 3. The molecule has 0 heterocycles. The van der Waals surface area contributed by atoms with Gasteiger partial charge in [0.1, 0.15) is 12.3 Å². The second-order valence-corrected chi connectivity index (χ2v) is 12.0. The minimum absolute atomic E-state index is 0.00228. The summed E-state index contributed by atoms with van der Waals surface area (Å²) < 4.78 is 27.5. The fraction of sp³-hybridized carbons (Fsp3) is 0.464. The number of nitrogens with zero attached hydrogens (tertiary/aromatic N) is 1. The Morgan fingerprint density at radius 3 is 2.10 bits per heavy atom. The first kappa shape index (κ1) is 30.6. The van der Waals surface area contributed by atoms with Crippen LogP contribution in [0.15, 0.2) is 48.5 Å². The molecule has 3 rings (SSSR count). The zero-order valence-electron chi connectivity index (χ0n) is 22.2. The fourth-order valence-corrected chi connectivity index (χ4v) is 5.03. The normalized spacial score (nSPS) is 17.7. The highest BCUT2D eigenvalue weighted by Gasteiger charge is 2.34. The van der Waals surface area contributed by atoms with Gasteiger partial charge in [-0.25, -0.2) is 4.79 Å². The number of amides is 3. The van der Waals surface area contributed by atoms with Crippen LogP contribution in [0.2, 0.25) is 0 Å². The Morgan fingerprint density at radius 1 is 1.00 bits per heavy atom. The molecule has 3 N–H and O–H groups in total. The van der Waals surface area contributed by atoms with Gasteiger partial charge < -0.3 is 25.4 Å². The van der Waals surface area contributed by atoms with Crippen molar-refractivity contribution < 1.29 is 33.0 Å². The van der Waals surface area contributed by atoms with Crippen LogP contribution in [-0.4, -0.2) is 44.6 Å². The maximum absolute atomic E-state index is 13.5. The van der Waals surface area contributed by atoms with E-state index in [-0.39, 0.29) is 23.2 Å². The van der Waals surface area contributed by atoms with Crippen LogP contribution in [0, 0.1) is 11.3 Å². The van der Waals surface area contributed by atoms with Gasteiger partial charge in [-0.3, -0.25) is 9.59 Å². The lowest BCUT2D eigenvalue weighted by Gasteiger charge is -2.41. The number of urea groups is 1. The fourth-order valence-electron chi connectivity index (χ4n) is 4.77. The highest BCUT2D eigenvalue weighted by molar-refractivity contribution is 14.1. The van der Waals surface area contributed by atoms with Crippen LogP contribution >= 0.6 is 22.6 Å². The van der Waals surface area contributed by atoms with Crippen molar-refractivity contribution in [1.82, 2.24) is 10.2 Å². The summed E-state index contributed by atoms with van der Waals surface area (Å²) in [5.41, 5.74) is 1.77. The Hall–Kier alpha value is -2.96. The molecule has 212 valence electrons. The molecule has 0 atom stereocenters. The SMILES string of the molecule is CC(C)(C)C1CCC(N(Cc2ccc(C(=O)NCC(=O)O)cc2)C(=O)Nc2ccc(OC(F)(F)I)cc2)CC1. The molecule has 0 spiro atoms. The quantitative estimate of drug-likeness (QED) is 0.211. The molecule has 11 heteroatoms. The molecule has 1 fully saturated rings. The molecule has 2 aromatic rings. The summed E-state index contributed by atoms with van der Waals surface area (Å²) in [6, 6.07) is 12.1. The zero-order chi connectivity index (χ0) is 28.8. The van der Waals surface area contributed by atoms with Crippen molar-refractivity contribution in [1.29, 1.82) is 0 Å². The van der Waals surface area contributed by atoms with Gasteiger partial charge in [0, 0.05) is 23.8 Å². The van der Waals surface area contributed by atoms with Crippen LogP contribution < -0.4 is 15.4 Å². The standard InChI is InChI=1S/C28H34F2IN3O5/c1-27(2,3)20-8-12-22(13-9-20)34(17-18-4-6-19(7-5-18)25(37)32-16-24(35)36)26(38)33-21-10-14-23(15-11-21)39-28(29,30)31/h4-7,10-11,14-15,20,22H,8-9,12-13,16-17H2,1-3H3,(H,32,37)(H,33,38)(H,35,36). The van der Waals surface area contributed by atoms with Crippen LogP contribution in [0.5, 0.6) is 5.75 Å². The highest BCUT2D eigenvalue weighted by atomic mass is 127. The minimum Gasteiger partial charge on any atom is -0.480 e. The maximum Gasteiger partial charge on any atom is 0.451 e. The number of rotatable bonds is 9. The summed E-state index contributed by atoms with van der Waals surface area (Å²) in [5, 5.41) is 14.0. The van der Waals surface area contributed by atoms with Gasteiger partial charge in [0.2, 0.25) is 0 Å². The van der Waals surface area contributed by atoms with Gasteiger partial charge in [0.15, 0.2) is 0 Å². The Balaban J connectivity index is 1.74. The number of alkyl halides is 3. The Kier molecular flexibility index (Phi) is 10.1. The number of anilines is 1. The van der Waals surface area contributed by atoms with Crippen LogP contribution in [0.3, 0.4) is 0 Å². The Labute approximate surface area is 240 Å². The second kappa shape index (κ2) is 12.9. The highest BCUT2D eigenvalue weighted by Crippen LogP contribution is 2.39. The summed E-state index contributed by atoms with van der Waals surface area (Å²) in [4.78, 5) is 38.1. The van der Waals surface area contributed by atoms with E-state index in [1.165, 1.54) is 24.3 Å². The smallest absolute Gasteiger partial charge is 0.451 e. The average Bonchev–Trinajstić information content (AvgIpc) is 2.86. The molecule has 0 radical (unpaired) electrons. The molecule has 0 unspecified atom stereocenters.